The smallest absolute Gasteiger partial charge is 0.225 e. The molecule has 2 N–H and O–H groups in total. The molecule has 5 nitrogen and oxygen atoms in total. The third-order valence-corrected chi connectivity index (χ3v) is 6.03. The summed E-state index contributed by atoms with van der Waals surface area (Å²) < 4.78 is 0.914. The fourth-order valence-electron chi connectivity index (χ4n) is 2.10. The van der Waals surface area contributed by atoms with Gasteiger partial charge < -0.3 is 10.6 Å². The molecule has 0 radical (unpaired) electrons. The predicted molar refractivity (Wildman–Crippen MR) is 92.8 cm³/mol. The average molecular weight is 353 g/mol. The van der Waals surface area contributed by atoms with Gasteiger partial charge in [-0.25, -0.2) is 0 Å². The predicted octanol–water partition coefficient (Wildman–Crippen LogP) is 2.72. The minimum absolute atomic E-state index is 0.0597. The van der Waals surface area contributed by atoms with Gasteiger partial charge in [0.15, 0.2) is 4.34 Å². The zero-order valence-electron chi connectivity index (χ0n) is 11.8. The minimum atomic E-state index is 0.0597. The normalized spacial score (nSPS) is 18.1. The van der Waals surface area contributed by atoms with Gasteiger partial charge in [-0.3, -0.25) is 4.79 Å². The molecule has 22 heavy (non-hydrogen) atoms. The summed E-state index contributed by atoms with van der Waals surface area (Å²) in [7, 11) is 0. The molecule has 1 saturated heterocycles. The van der Waals surface area contributed by atoms with Crippen molar-refractivity contribution >= 4 is 46.5 Å². The van der Waals surface area contributed by atoms with Crippen molar-refractivity contribution in [1.29, 1.82) is 0 Å². The van der Waals surface area contributed by atoms with E-state index in [0.29, 0.717) is 6.42 Å². The molecule has 1 aromatic heterocycles. The first-order valence-electron chi connectivity index (χ1n) is 6.95. The number of nitrogens with zero attached hydrogens (tertiary/aromatic N) is 2. The molecule has 2 heterocycles. The van der Waals surface area contributed by atoms with E-state index >= 15 is 0 Å². The maximum atomic E-state index is 12.0. The maximum absolute atomic E-state index is 12.0. The molecular formula is C14H16N4OS3. The van der Waals surface area contributed by atoms with Gasteiger partial charge in [-0.05, 0) is 24.3 Å². The van der Waals surface area contributed by atoms with Gasteiger partial charge >= 0.3 is 0 Å². The highest BCUT2D eigenvalue weighted by Crippen LogP contribution is 2.29. The van der Waals surface area contributed by atoms with E-state index in [1.54, 1.807) is 17.3 Å². The van der Waals surface area contributed by atoms with Crippen LogP contribution in [0.4, 0.5) is 5.69 Å². The van der Waals surface area contributed by atoms with Gasteiger partial charge in [0.2, 0.25) is 5.91 Å². The standard InChI is InChI=1S/C14H16N4OS3/c19-13(7-11-8-20-6-5-15-11)17-10-1-3-12(4-2-10)22-14-18-16-9-21-14/h1-4,9,11,15H,5-8H2,(H,17,19). The second-order valence-corrected chi connectivity index (χ2v) is 8.11. The molecule has 1 amide bonds. The number of aromatic nitrogens is 2. The SMILES string of the molecule is O=C(CC1CSCCN1)Nc1ccc(Sc2nncs2)cc1. The van der Waals surface area contributed by atoms with Gasteiger partial charge in [0, 0.05) is 41.1 Å². The number of rotatable bonds is 5. The first-order valence-corrected chi connectivity index (χ1v) is 9.80. The number of thioether (sulfide) groups is 1. The van der Waals surface area contributed by atoms with Gasteiger partial charge in [-0.2, -0.15) is 11.8 Å². The molecule has 1 aromatic carbocycles. The number of carbonyl (C=O) groups excluding carboxylic acids is 1. The van der Waals surface area contributed by atoms with Crippen LogP contribution in [0.5, 0.6) is 0 Å². The van der Waals surface area contributed by atoms with Gasteiger partial charge in [0.1, 0.15) is 5.51 Å². The summed E-state index contributed by atoms with van der Waals surface area (Å²) in [5, 5.41) is 14.1. The lowest BCUT2D eigenvalue weighted by Crippen LogP contribution is -2.39. The minimum Gasteiger partial charge on any atom is -0.326 e. The Bertz CT molecular complexity index is 597. The summed E-state index contributed by atoms with van der Waals surface area (Å²) >= 11 is 4.98. The van der Waals surface area contributed by atoms with Gasteiger partial charge in [-0.15, -0.1) is 10.2 Å². The molecular weight excluding hydrogens is 336 g/mol. The summed E-state index contributed by atoms with van der Waals surface area (Å²) in [6.45, 7) is 0.986. The van der Waals surface area contributed by atoms with Crippen molar-refractivity contribution in [2.75, 3.05) is 23.4 Å². The Morgan fingerprint density at radius 1 is 1.41 bits per heavy atom. The molecule has 2 aromatic rings. The Balaban J connectivity index is 1.50. The van der Waals surface area contributed by atoms with Crippen LogP contribution in [0.1, 0.15) is 6.42 Å². The van der Waals surface area contributed by atoms with Crippen molar-refractivity contribution in [2.24, 2.45) is 0 Å². The maximum Gasteiger partial charge on any atom is 0.225 e. The van der Waals surface area contributed by atoms with E-state index in [-0.39, 0.29) is 11.9 Å². The highest BCUT2D eigenvalue weighted by Gasteiger charge is 2.16. The van der Waals surface area contributed by atoms with Crippen LogP contribution in [0, 0.1) is 0 Å². The van der Waals surface area contributed by atoms with E-state index in [4.69, 9.17) is 0 Å². The number of hydrogen-bond acceptors (Lipinski definition) is 7. The van der Waals surface area contributed by atoms with Crippen LogP contribution in [-0.2, 0) is 4.79 Å². The largest absolute Gasteiger partial charge is 0.326 e. The quantitative estimate of drug-likeness (QED) is 0.862. The zero-order chi connectivity index (χ0) is 15.2. The summed E-state index contributed by atoms with van der Waals surface area (Å²) in [4.78, 5) is 13.1. The lowest BCUT2D eigenvalue weighted by atomic mass is 10.2. The molecule has 0 bridgehead atoms. The van der Waals surface area contributed by atoms with E-state index in [1.165, 1.54) is 11.3 Å². The summed E-state index contributed by atoms with van der Waals surface area (Å²) in [5.74, 6) is 2.20. The van der Waals surface area contributed by atoms with E-state index in [0.717, 1.165) is 33.0 Å². The lowest BCUT2D eigenvalue weighted by Gasteiger charge is -2.22. The van der Waals surface area contributed by atoms with Gasteiger partial charge in [0.25, 0.3) is 0 Å². The molecule has 3 rings (SSSR count). The van der Waals surface area contributed by atoms with Crippen molar-refractivity contribution < 1.29 is 4.79 Å². The number of anilines is 1. The van der Waals surface area contributed by atoms with E-state index in [9.17, 15) is 4.79 Å². The monoisotopic (exact) mass is 352 g/mol. The molecule has 1 aliphatic rings. The summed E-state index contributed by atoms with van der Waals surface area (Å²) in [6, 6.07) is 8.09. The number of hydrogen-bond donors (Lipinski definition) is 2. The fourth-order valence-corrected chi connectivity index (χ4v) is 4.50. The van der Waals surface area contributed by atoms with Crippen LogP contribution in [0.3, 0.4) is 0 Å². The lowest BCUT2D eigenvalue weighted by molar-refractivity contribution is -0.116. The topological polar surface area (TPSA) is 66.9 Å². The molecule has 8 heteroatoms. The fraction of sp³-hybridized carbons (Fsp3) is 0.357. The zero-order valence-corrected chi connectivity index (χ0v) is 14.3. The van der Waals surface area contributed by atoms with Gasteiger partial charge in [-0.1, -0.05) is 23.1 Å². The van der Waals surface area contributed by atoms with Crippen LogP contribution in [-0.4, -0.2) is 40.2 Å². The first kappa shape index (κ1) is 15.8. The molecule has 0 saturated carbocycles. The number of amides is 1. The van der Waals surface area contributed by atoms with Crippen molar-refractivity contribution in [1.82, 2.24) is 15.5 Å². The highest BCUT2D eigenvalue weighted by molar-refractivity contribution is 8.01. The molecule has 0 spiro atoms. The molecule has 1 fully saturated rings. The summed E-state index contributed by atoms with van der Waals surface area (Å²) in [6.07, 6.45) is 0.522. The second kappa shape index (κ2) is 7.96. The third-order valence-electron chi connectivity index (χ3n) is 3.11. The highest BCUT2D eigenvalue weighted by atomic mass is 32.2. The van der Waals surface area contributed by atoms with Gasteiger partial charge in [0.05, 0.1) is 0 Å². The van der Waals surface area contributed by atoms with E-state index < -0.39 is 0 Å². The molecule has 1 unspecified atom stereocenters. The van der Waals surface area contributed by atoms with Crippen molar-refractivity contribution in [3.63, 3.8) is 0 Å². The Morgan fingerprint density at radius 2 is 2.27 bits per heavy atom. The van der Waals surface area contributed by atoms with Crippen molar-refractivity contribution in [3.05, 3.63) is 29.8 Å². The van der Waals surface area contributed by atoms with Crippen LogP contribution in [0.15, 0.2) is 39.0 Å². The molecule has 1 atom stereocenters. The van der Waals surface area contributed by atoms with Crippen LogP contribution in [0.25, 0.3) is 0 Å². The number of nitrogens with one attached hydrogen (secondary N) is 2. The Morgan fingerprint density at radius 3 is 2.95 bits per heavy atom. The number of benzene rings is 1. The van der Waals surface area contributed by atoms with Crippen LogP contribution in [0.2, 0.25) is 0 Å². The second-order valence-electron chi connectivity index (χ2n) is 4.81. The molecule has 0 aliphatic carbocycles. The molecule has 116 valence electrons. The Kier molecular flexibility index (Phi) is 5.71. The van der Waals surface area contributed by atoms with Crippen LogP contribution < -0.4 is 10.6 Å². The average Bonchev–Trinajstić information content (AvgIpc) is 3.03. The molecule has 1 aliphatic heterocycles. The summed E-state index contributed by atoms with van der Waals surface area (Å²) in [5.41, 5.74) is 2.55. The third kappa shape index (κ3) is 4.70. The van der Waals surface area contributed by atoms with Crippen molar-refractivity contribution in [3.8, 4) is 0 Å². The Labute approximate surface area is 141 Å². The Hall–Kier alpha value is -1.09. The van der Waals surface area contributed by atoms with Crippen molar-refractivity contribution in [2.45, 2.75) is 21.7 Å². The van der Waals surface area contributed by atoms with Crippen LogP contribution >= 0.6 is 34.9 Å². The number of carbonyl (C=O) groups is 1. The first-order chi connectivity index (χ1) is 10.8. The van der Waals surface area contributed by atoms with E-state index in [1.807, 2.05) is 36.0 Å². The van der Waals surface area contributed by atoms with E-state index in [2.05, 4.69) is 20.8 Å².